The number of hydrazine groups is 1. The van der Waals surface area contributed by atoms with Crippen molar-refractivity contribution in [3.8, 4) is 0 Å². The normalized spacial score (nSPS) is 8.33. The van der Waals surface area contributed by atoms with E-state index in [-0.39, 0.29) is 0 Å². The molecule has 4 nitrogen and oxygen atoms in total. The summed E-state index contributed by atoms with van der Waals surface area (Å²) in [5.74, 6) is 6.00. The van der Waals surface area contributed by atoms with Gasteiger partial charge in [0.2, 0.25) is 0 Å². The number of hydrogen-bond acceptors (Lipinski definition) is 4. The van der Waals surface area contributed by atoms with Crippen LogP contribution in [0.3, 0.4) is 0 Å². The molecule has 0 aliphatic heterocycles. The number of nitrogens with two attached hydrogens (primary N) is 2. The summed E-state index contributed by atoms with van der Waals surface area (Å²) in [7, 11) is 1.69. The fraction of sp³-hybridized carbons (Fsp3) is 0.375. The highest BCUT2D eigenvalue weighted by molar-refractivity contribution is 5.60. The van der Waals surface area contributed by atoms with Crippen LogP contribution in [0.4, 0.5) is 11.5 Å². The molecule has 0 radical (unpaired) electrons. The fourth-order valence-corrected chi connectivity index (χ4v) is 0.704. The molecule has 0 unspecified atom stereocenters. The van der Waals surface area contributed by atoms with Crippen LogP contribution in [0, 0.1) is 0 Å². The SMILES string of the molecule is CC.CN(N)c1ncccc1N. The predicted octanol–water partition coefficient (Wildman–Crippen LogP) is 1.000. The highest BCUT2D eigenvalue weighted by Crippen LogP contribution is 2.13. The van der Waals surface area contributed by atoms with E-state index >= 15 is 0 Å². The summed E-state index contributed by atoms with van der Waals surface area (Å²) in [6.45, 7) is 4.00. The molecule has 0 amide bonds. The summed E-state index contributed by atoms with van der Waals surface area (Å²) < 4.78 is 0. The lowest BCUT2D eigenvalue weighted by atomic mass is 10.4. The summed E-state index contributed by atoms with van der Waals surface area (Å²) >= 11 is 0. The maximum Gasteiger partial charge on any atom is 0.165 e. The summed E-state index contributed by atoms with van der Waals surface area (Å²) in [5, 5.41) is 1.38. The first kappa shape index (κ1) is 10.7. The summed E-state index contributed by atoms with van der Waals surface area (Å²) in [6.07, 6.45) is 1.65. The minimum absolute atomic E-state index is 0.590. The van der Waals surface area contributed by atoms with Gasteiger partial charge in [-0.25, -0.2) is 10.8 Å². The molecule has 0 bridgehead atoms. The number of rotatable bonds is 1. The van der Waals surface area contributed by atoms with E-state index in [0.29, 0.717) is 11.5 Å². The molecule has 1 heterocycles. The van der Waals surface area contributed by atoms with E-state index < -0.39 is 0 Å². The van der Waals surface area contributed by atoms with Gasteiger partial charge in [0.15, 0.2) is 5.82 Å². The quantitative estimate of drug-likeness (QED) is 0.485. The van der Waals surface area contributed by atoms with Crippen LogP contribution in [-0.2, 0) is 0 Å². The number of nitrogens with zero attached hydrogens (tertiary/aromatic N) is 2. The average molecular weight is 168 g/mol. The van der Waals surface area contributed by atoms with E-state index in [1.807, 2.05) is 13.8 Å². The highest BCUT2D eigenvalue weighted by Gasteiger charge is 1.99. The molecule has 12 heavy (non-hydrogen) atoms. The smallest absolute Gasteiger partial charge is 0.165 e. The van der Waals surface area contributed by atoms with Crippen molar-refractivity contribution in [2.24, 2.45) is 5.84 Å². The summed E-state index contributed by atoms with van der Waals surface area (Å²) in [5.41, 5.74) is 6.13. The van der Waals surface area contributed by atoms with Crippen LogP contribution in [0.15, 0.2) is 18.3 Å². The van der Waals surface area contributed by atoms with E-state index in [1.165, 1.54) is 5.01 Å². The minimum atomic E-state index is 0.590. The predicted molar refractivity (Wildman–Crippen MR) is 52.6 cm³/mol. The van der Waals surface area contributed by atoms with Crippen LogP contribution < -0.4 is 16.6 Å². The Hall–Kier alpha value is -1.29. The molecule has 4 heteroatoms. The Balaban J connectivity index is 0.000000561. The zero-order valence-electron chi connectivity index (χ0n) is 7.78. The molecule has 0 aliphatic rings. The van der Waals surface area contributed by atoms with Crippen LogP contribution in [0.25, 0.3) is 0 Å². The van der Waals surface area contributed by atoms with Crippen LogP contribution in [0.2, 0.25) is 0 Å². The van der Waals surface area contributed by atoms with Crippen molar-refractivity contribution >= 4 is 11.5 Å². The standard InChI is InChI=1S/C6H10N4.C2H6/c1-10(8)6-5(7)3-2-4-9-6;1-2/h2-4H,7-8H2,1H3;1-2H3. The van der Waals surface area contributed by atoms with E-state index in [0.717, 1.165) is 0 Å². The van der Waals surface area contributed by atoms with Gasteiger partial charge in [-0.1, -0.05) is 13.8 Å². The van der Waals surface area contributed by atoms with Gasteiger partial charge in [0, 0.05) is 13.2 Å². The number of hydrogen-bond donors (Lipinski definition) is 2. The van der Waals surface area contributed by atoms with Crippen LogP contribution in [-0.4, -0.2) is 12.0 Å². The van der Waals surface area contributed by atoms with Crippen molar-refractivity contribution in [1.82, 2.24) is 4.98 Å². The largest absolute Gasteiger partial charge is 0.396 e. The third-order valence-corrected chi connectivity index (χ3v) is 1.15. The van der Waals surface area contributed by atoms with E-state index in [4.69, 9.17) is 11.6 Å². The molecule has 4 N–H and O–H groups in total. The highest BCUT2D eigenvalue weighted by atomic mass is 15.4. The van der Waals surface area contributed by atoms with Crippen LogP contribution in [0.5, 0.6) is 0 Å². The maximum absolute atomic E-state index is 5.54. The molecule has 68 valence electrons. The van der Waals surface area contributed by atoms with Crippen molar-refractivity contribution in [3.63, 3.8) is 0 Å². The molecule has 0 saturated heterocycles. The van der Waals surface area contributed by atoms with E-state index in [1.54, 1.807) is 25.4 Å². The third-order valence-electron chi connectivity index (χ3n) is 1.15. The summed E-state index contributed by atoms with van der Waals surface area (Å²) in [6, 6.07) is 3.52. The second-order valence-corrected chi connectivity index (χ2v) is 2.03. The van der Waals surface area contributed by atoms with Crippen LogP contribution >= 0.6 is 0 Å². The van der Waals surface area contributed by atoms with Crippen molar-refractivity contribution in [3.05, 3.63) is 18.3 Å². The molecule has 0 aliphatic carbocycles. The van der Waals surface area contributed by atoms with Crippen LogP contribution in [0.1, 0.15) is 13.8 Å². The van der Waals surface area contributed by atoms with E-state index in [2.05, 4.69) is 4.98 Å². The van der Waals surface area contributed by atoms with Crippen molar-refractivity contribution in [2.45, 2.75) is 13.8 Å². The Morgan fingerprint density at radius 1 is 1.42 bits per heavy atom. The van der Waals surface area contributed by atoms with Gasteiger partial charge in [-0.3, -0.25) is 5.01 Å². The molecule has 0 saturated carbocycles. The monoisotopic (exact) mass is 168 g/mol. The second kappa shape index (κ2) is 5.37. The van der Waals surface area contributed by atoms with Crippen molar-refractivity contribution < 1.29 is 0 Å². The molecule has 0 fully saturated rings. The Kier molecular flexibility index (Phi) is 4.79. The maximum atomic E-state index is 5.54. The van der Waals surface area contributed by atoms with Gasteiger partial charge in [-0.2, -0.15) is 0 Å². The number of anilines is 2. The molecular formula is C8H16N4. The molecule has 1 aromatic rings. The lowest BCUT2D eigenvalue weighted by molar-refractivity contribution is 0.980. The molecule has 0 aromatic carbocycles. The first-order chi connectivity index (χ1) is 5.72. The third kappa shape index (κ3) is 2.75. The van der Waals surface area contributed by atoms with Gasteiger partial charge >= 0.3 is 0 Å². The Bertz CT molecular complexity index is 222. The Morgan fingerprint density at radius 2 is 2.00 bits per heavy atom. The zero-order valence-corrected chi connectivity index (χ0v) is 7.78. The Labute approximate surface area is 73.2 Å². The number of pyridine rings is 1. The molecule has 1 aromatic heterocycles. The molecule has 0 atom stereocenters. The van der Waals surface area contributed by atoms with Crippen molar-refractivity contribution in [1.29, 1.82) is 0 Å². The van der Waals surface area contributed by atoms with Gasteiger partial charge in [0.1, 0.15) is 0 Å². The first-order valence-corrected chi connectivity index (χ1v) is 3.90. The molecule has 1 rings (SSSR count). The van der Waals surface area contributed by atoms with E-state index in [9.17, 15) is 0 Å². The Morgan fingerprint density at radius 3 is 2.33 bits per heavy atom. The number of aromatic nitrogens is 1. The minimum Gasteiger partial charge on any atom is -0.396 e. The van der Waals surface area contributed by atoms with Gasteiger partial charge in [-0.15, -0.1) is 0 Å². The van der Waals surface area contributed by atoms with Gasteiger partial charge < -0.3 is 5.73 Å². The topological polar surface area (TPSA) is 68.2 Å². The molecular weight excluding hydrogens is 152 g/mol. The van der Waals surface area contributed by atoms with Crippen molar-refractivity contribution in [2.75, 3.05) is 17.8 Å². The lowest BCUT2D eigenvalue weighted by Crippen LogP contribution is -2.26. The fourth-order valence-electron chi connectivity index (χ4n) is 0.704. The molecule has 0 spiro atoms. The summed E-state index contributed by atoms with van der Waals surface area (Å²) in [4.78, 5) is 3.95. The first-order valence-electron chi connectivity index (χ1n) is 3.90. The van der Waals surface area contributed by atoms with Gasteiger partial charge in [-0.05, 0) is 12.1 Å². The second-order valence-electron chi connectivity index (χ2n) is 2.03. The van der Waals surface area contributed by atoms with Gasteiger partial charge in [0.25, 0.3) is 0 Å². The zero-order chi connectivity index (χ0) is 9.56. The average Bonchev–Trinajstić information content (AvgIpc) is 2.08. The lowest BCUT2D eigenvalue weighted by Gasteiger charge is -2.11. The van der Waals surface area contributed by atoms with Gasteiger partial charge in [0.05, 0.1) is 5.69 Å². The number of nitrogen functional groups attached to an aromatic ring is 1.